The van der Waals surface area contributed by atoms with Crippen LogP contribution in [0.25, 0.3) is 0 Å². The van der Waals surface area contributed by atoms with Crippen LogP contribution in [0.1, 0.15) is 78.1 Å². The van der Waals surface area contributed by atoms with Crippen LogP contribution >= 0.6 is 0 Å². The van der Waals surface area contributed by atoms with Crippen LogP contribution in [-0.2, 0) is 9.53 Å². The maximum absolute atomic E-state index is 12.9. The van der Waals surface area contributed by atoms with Crippen molar-refractivity contribution in [1.82, 2.24) is 4.90 Å². The van der Waals surface area contributed by atoms with Gasteiger partial charge in [-0.15, -0.1) is 0 Å². The number of nitrogens with zero attached hydrogens (tertiary/aromatic N) is 1. The molecule has 0 N–H and O–H groups in total. The molecule has 0 aromatic heterocycles. The minimum Gasteiger partial charge on any atom is -0.365 e. The number of rotatable bonds is 4. The highest BCUT2D eigenvalue weighted by Gasteiger charge is 2.38. The molecule has 1 saturated heterocycles. The van der Waals surface area contributed by atoms with E-state index in [9.17, 15) is 4.79 Å². The Bertz CT molecular complexity index is 378. The van der Waals surface area contributed by atoms with E-state index in [0.29, 0.717) is 12.1 Å². The summed E-state index contributed by atoms with van der Waals surface area (Å²) in [5.41, 5.74) is 0. The molecule has 1 heterocycles. The van der Waals surface area contributed by atoms with E-state index in [2.05, 4.69) is 11.8 Å². The topological polar surface area (TPSA) is 29.5 Å². The summed E-state index contributed by atoms with van der Waals surface area (Å²) in [7, 11) is 0. The molecular weight excluding hydrogens is 274 g/mol. The third-order valence-corrected chi connectivity index (χ3v) is 6.16. The summed E-state index contributed by atoms with van der Waals surface area (Å²) in [5.74, 6) is 1.76. The van der Waals surface area contributed by atoms with E-state index in [1.165, 1.54) is 51.4 Å². The lowest BCUT2D eigenvalue weighted by Crippen LogP contribution is -2.45. The first-order chi connectivity index (χ1) is 10.6. The van der Waals surface area contributed by atoms with Crippen molar-refractivity contribution in [2.75, 3.05) is 6.54 Å². The van der Waals surface area contributed by atoms with Gasteiger partial charge in [-0.3, -0.25) is 4.79 Å². The molecule has 2 aliphatic carbocycles. The second-order valence-corrected chi connectivity index (χ2v) is 7.96. The summed E-state index contributed by atoms with van der Waals surface area (Å²) in [5, 5.41) is 0. The average Bonchev–Trinajstić information content (AvgIpc) is 3.17. The Morgan fingerprint density at radius 3 is 2.55 bits per heavy atom. The van der Waals surface area contributed by atoms with Gasteiger partial charge in [0.15, 0.2) is 0 Å². The van der Waals surface area contributed by atoms with Gasteiger partial charge in [0.1, 0.15) is 6.10 Å². The first kappa shape index (κ1) is 16.3. The summed E-state index contributed by atoms with van der Waals surface area (Å²) in [4.78, 5) is 15.0. The van der Waals surface area contributed by atoms with Crippen molar-refractivity contribution in [3.63, 3.8) is 0 Å². The van der Waals surface area contributed by atoms with E-state index < -0.39 is 0 Å². The zero-order valence-electron chi connectivity index (χ0n) is 14.4. The number of carbonyl (C=O) groups is 1. The van der Waals surface area contributed by atoms with Crippen molar-refractivity contribution >= 4 is 5.91 Å². The van der Waals surface area contributed by atoms with Crippen LogP contribution in [0.5, 0.6) is 0 Å². The SMILES string of the molecule is C[C@@H]1CCC[C@H](O[C@H](C)C(=O)N2CCC[C@@H]2C2CCCC2)C1. The van der Waals surface area contributed by atoms with Gasteiger partial charge < -0.3 is 9.64 Å². The minimum absolute atomic E-state index is 0.252. The molecule has 0 unspecified atom stereocenters. The molecule has 1 aliphatic heterocycles. The zero-order valence-corrected chi connectivity index (χ0v) is 14.4. The van der Waals surface area contributed by atoms with Crippen molar-refractivity contribution in [3.8, 4) is 0 Å². The second-order valence-electron chi connectivity index (χ2n) is 7.96. The van der Waals surface area contributed by atoms with Crippen molar-refractivity contribution in [1.29, 1.82) is 0 Å². The molecule has 3 heteroatoms. The van der Waals surface area contributed by atoms with Crippen LogP contribution in [0.2, 0.25) is 0 Å². The summed E-state index contributed by atoms with van der Waals surface area (Å²) < 4.78 is 6.16. The second kappa shape index (κ2) is 7.33. The van der Waals surface area contributed by atoms with Gasteiger partial charge in [-0.05, 0) is 57.3 Å². The predicted octanol–water partition coefficient (Wildman–Crippen LogP) is 4.15. The first-order valence-corrected chi connectivity index (χ1v) is 9.61. The van der Waals surface area contributed by atoms with Crippen molar-refractivity contribution < 1.29 is 9.53 Å². The fourth-order valence-corrected chi connectivity index (χ4v) is 4.98. The molecule has 3 fully saturated rings. The molecule has 0 aromatic carbocycles. The normalized spacial score (nSPS) is 35.0. The molecule has 0 aromatic rings. The molecule has 126 valence electrons. The highest BCUT2D eigenvalue weighted by molar-refractivity contribution is 5.81. The monoisotopic (exact) mass is 307 g/mol. The lowest BCUT2D eigenvalue weighted by Gasteiger charge is -2.34. The predicted molar refractivity (Wildman–Crippen MR) is 88.7 cm³/mol. The quantitative estimate of drug-likeness (QED) is 0.781. The fraction of sp³-hybridized carbons (Fsp3) is 0.947. The van der Waals surface area contributed by atoms with E-state index in [0.717, 1.165) is 31.2 Å². The number of ether oxygens (including phenoxy) is 1. The van der Waals surface area contributed by atoms with E-state index >= 15 is 0 Å². The molecule has 22 heavy (non-hydrogen) atoms. The van der Waals surface area contributed by atoms with Crippen LogP contribution in [0, 0.1) is 11.8 Å². The van der Waals surface area contributed by atoms with Gasteiger partial charge in [0.25, 0.3) is 5.91 Å². The van der Waals surface area contributed by atoms with Crippen LogP contribution < -0.4 is 0 Å². The first-order valence-electron chi connectivity index (χ1n) is 9.61. The number of hydrogen-bond donors (Lipinski definition) is 0. The number of hydrogen-bond acceptors (Lipinski definition) is 2. The Labute approximate surface area is 135 Å². The largest absolute Gasteiger partial charge is 0.365 e. The highest BCUT2D eigenvalue weighted by atomic mass is 16.5. The molecule has 3 nitrogen and oxygen atoms in total. The van der Waals surface area contributed by atoms with Crippen molar-refractivity contribution in [2.24, 2.45) is 11.8 Å². The van der Waals surface area contributed by atoms with Gasteiger partial charge in [0.2, 0.25) is 0 Å². The summed E-state index contributed by atoms with van der Waals surface area (Å²) in [6.07, 6.45) is 12.6. The maximum Gasteiger partial charge on any atom is 0.251 e. The van der Waals surface area contributed by atoms with Gasteiger partial charge in [0, 0.05) is 12.6 Å². The third kappa shape index (κ3) is 3.67. The summed E-state index contributed by atoms with van der Waals surface area (Å²) in [6, 6.07) is 0.506. The molecule has 2 saturated carbocycles. The number of likely N-dealkylation sites (tertiary alicyclic amines) is 1. The Morgan fingerprint density at radius 2 is 1.82 bits per heavy atom. The Hall–Kier alpha value is -0.570. The lowest BCUT2D eigenvalue weighted by atomic mass is 9.88. The lowest BCUT2D eigenvalue weighted by molar-refractivity contribution is -0.149. The molecule has 0 spiro atoms. The van der Waals surface area contributed by atoms with Gasteiger partial charge >= 0.3 is 0 Å². The van der Waals surface area contributed by atoms with E-state index in [4.69, 9.17) is 4.74 Å². The van der Waals surface area contributed by atoms with Crippen LogP contribution in [0.3, 0.4) is 0 Å². The van der Waals surface area contributed by atoms with Crippen LogP contribution in [-0.4, -0.2) is 35.6 Å². The van der Waals surface area contributed by atoms with Gasteiger partial charge in [0.05, 0.1) is 6.10 Å². The number of carbonyl (C=O) groups excluding carboxylic acids is 1. The molecular formula is C19H33NO2. The standard InChI is InChI=1S/C19H33NO2/c1-14-7-5-10-17(13-14)22-15(2)19(21)20-12-6-11-18(20)16-8-3-4-9-16/h14-18H,3-13H2,1-2H3/t14-,15-,17+,18-/m1/s1. The zero-order chi connectivity index (χ0) is 15.5. The van der Waals surface area contributed by atoms with E-state index in [1.54, 1.807) is 0 Å². The molecule has 0 bridgehead atoms. The molecule has 3 rings (SSSR count). The number of amides is 1. The smallest absolute Gasteiger partial charge is 0.251 e. The Balaban J connectivity index is 1.55. The highest BCUT2D eigenvalue weighted by Crippen LogP contribution is 2.36. The van der Waals surface area contributed by atoms with Gasteiger partial charge in [-0.25, -0.2) is 0 Å². The maximum atomic E-state index is 12.9. The van der Waals surface area contributed by atoms with Crippen molar-refractivity contribution in [3.05, 3.63) is 0 Å². The average molecular weight is 307 g/mol. The third-order valence-electron chi connectivity index (χ3n) is 6.16. The molecule has 4 atom stereocenters. The molecule has 1 amide bonds. The van der Waals surface area contributed by atoms with Gasteiger partial charge in [-0.1, -0.05) is 32.6 Å². The van der Waals surface area contributed by atoms with E-state index in [1.807, 2.05) is 6.92 Å². The van der Waals surface area contributed by atoms with Crippen LogP contribution in [0.15, 0.2) is 0 Å². The van der Waals surface area contributed by atoms with Crippen LogP contribution in [0.4, 0.5) is 0 Å². The summed E-state index contributed by atoms with van der Waals surface area (Å²) in [6.45, 7) is 5.24. The summed E-state index contributed by atoms with van der Waals surface area (Å²) >= 11 is 0. The Morgan fingerprint density at radius 1 is 1.05 bits per heavy atom. The fourth-order valence-electron chi connectivity index (χ4n) is 4.98. The Kier molecular flexibility index (Phi) is 5.43. The van der Waals surface area contributed by atoms with E-state index in [-0.39, 0.29) is 12.0 Å². The van der Waals surface area contributed by atoms with Gasteiger partial charge in [-0.2, -0.15) is 0 Å². The molecule has 3 aliphatic rings. The van der Waals surface area contributed by atoms with Crippen molar-refractivity contribution in [2.45, 2.75) is 96.3 Å². The minimum atomic E-state index is -0.252. The molecule has 0 radical (unpaired) electrons.